The SMILES string of the molecule is COc1ccc(C(=O)COC(=O)c2ccc(CNC(=O)NC(C)C)cc2)c(OC)c1. The fourth-order valence-corrected chi connectivity index (χ4v) is 2.58. The van der Waals surface area contributed by atoms with Gasteiger partial charge in [-0.05, 0) is 43.7 Å². The molecule has 0 saturated heterocycles. The fraction of sp³-hybridized carbons (Fsp3) is 0.318. The van der Waals surface area contributed by atoms with E-state index in [4.69, 9.17) is 14.2 Å². The Bertz CT molecular complexity index is 893. The maximum atomic E-state index is 12.4. The first-order valence-corrected chi connectivity index (χ1v) is 9.39. The van der Waals surface area contributed by atoms with Crippen molar-refractivity contribution in [3.05, 3.63) is 59.2 Å². The van der Waals surface area contributed by atoms with Gasteiger partial charge in [-0.15, -0.1) is 0 Å². The molecule has 2 N–H and O–H groups in total. The van der Waals surface area contributed by atoms with Gasteiger partial charge in [0, 0.05) is 18.7 Å². The van der Waals surface area contributed by atoms with E-state index >= 15 is 0 Å². The molecule has 0 aliphatic carbocycles. The van der Waals surface area contributed by atoms with Crippen molar-refractivity contribution in [1.82, 2.24) is 10.6 Å². The third-order valence-electron chi connectivity index (χ3n) is 4.11. The molecule has 2 amide bonds. The fourth-order valence-electron chi connectivity index (χ4n) is 2.58. The van der Waals surface area contributed by atoms with Gasteiger partial charge < -0.3 is 24.8 Å². The van der Waals surface area contributed by atoms with Gasteiger partial charge in [0.25, 0.3) is 0 Å². The summed E-state index contributed by atoms with van der Waals surface area (Å²) in [7, 11) is 2.96. The number of esters is 1. The average Bonchev–Trinajstić information content (AvgIpc) is 2.75. The van der Waals surface area contributed by atoms with E-state index in [1.54, 1.807) is 42.5 Å². The first-order chi connectivity index (χ1) is 14.3. The lowest BCUT2D eigenvalue weighted by molar-refractivity contribution is 0.0474. The van der Waals surface area contributed by atoms with Gasteiger partial charge in [0.1, 0.15) is 11.5 Å². The zero-order valence-corrected chi connectivity index (χ0v) is 17.5. The molecule has 8 heteroatoms. The van der Waals surface area contributed by atoms with Crippen LogP contribution in [0.2, 0.25) is 0 Å². The summed E-state index contributed by atoms with van der Waals surface area (Å²) in [5.41, 5.74) is 1.43. The zero-order chi connectivity index (χ0) is 22.1. The van der Waals surface area contributed by atoms with Crippen LogP contribution in [0.5, 0.6) is 11.5 Å². The molecule has 0 fully saturated rings. The standard InChI is InChI=1S/C22H26N2O6/c1-14(2)24-22(27)23-12-15-5-7-16(8-6-15)21(26)30-13-19(25)18-10-9-17(28-3)11-20(18)29-4/h5-11,14H,12-13H2,1-4H3,(H2,23,24,27). The predicted molar refractivity (Wildman–Crippen MR) is 111 cm³/mol. The van der Waals surface area contributed by atoms with Gasteiger partial charge in [-0.25, -0.2) is 9.59 Å². The van der Waals surface area contributed by atoms with Crippen molar-refractivity contribution < 1.29 is 28.6 Å². The normalized spacial score (nSPS) is 10.3. The van der Waals surface area contributed by atoms with Crippen LogP contribution in [0.3, 0.4) is 0 Å². The van der Waals surface area contributed by atoms with Gasteiger partial charge in [0.2, 0.25) is 5.78 Å². The lowest BCUT2D eigenvalue weighted by atomic mass is 10.1. The van der Waals surface area contributed by atoms with E-state index < -0.39 is 12.6 Å². The Hall–Kier alpha value is -3.55. The van der Waals surface area contributed by atoms with Crippen LogP contribution in [-0.2, 0) is 11.3 Å². The highest BCUT2D eigenvalue weighted by molar-refractivity contribution is 6.01. The summed E-state index contributed by atoms with van der Waals surface area (Å²) in [4.78, 5) is 36.2. The molecule has 0 aliphatic rings. The van der Waals surface area contributed by atoms with Crippen molar-refractivity contribution in [3.8, 4) is 11.5 Å². The molecule has 0 unspecified atom stereocenters. The number of ketones is 1. The molecular weight excluding hydrogens is 388 g/mol. The van der Waals surface area contributed by atoms with Gasteiger partial charge in [-0.1, -0.05) is 12.1 Å². The smallest absolute Gasteiger partial charge is 0.338 e. The number of amides is 2. The molecule has 30 heavy (non-hydrogen) atoms. The first-order valence-electron chi connectivity index (χ1n) is 9.39. The first kappa shape index (κ1) is 22.7. The lowest BCUT2D eigenvalue weighted by Crippen LogP contribution is -2.39. The molecule has 0 heterocycles. The van der Waals surface area contributed by atoms with Gasteiger partial charge >= 0.3 is 12.0 Å². The summed E-state index contributed by atoms with van der Waals surface area (Å²) in [6.45, 7) is 3.65. The number of carbonyl (C=O) groups is 3. The van der Waals surface area contributed by atoms with Crippen molar-refractivity contribution in [1.29, 1.82) is 0 Å². The quantitative estimate of drug-likeness (QED) is 0.483. The van der Waals surface area contributed by atoms with E-state index in [1.165, 1.54) is 14.2 Å². The number of Topliss-reactive ketones (excluding diaryl/α,β-unsaturated/α-hetero) is 1. The third-order valence-corrected chi connectivity index (χ3v) is 4.11. The van der Waals surface area contributed by atoms with E-state index in [1.807, 2.05) is 13.8 Å². The highest BCUT2D eigenvalue weighted by Gasteiger charge is 2.16. The Kier molecular flexibility index (Phi) is 8.22. The van der Waals surface area contributed by atoms with E-state index in [-0.39, 0.29) is 17.9 Å². The summed E-state index contributed by atoms with van der Waals surface area (Å²) in [6, 6.07) is 11.1. The van der Waals surface area contributed by atoms with Crippen molar-refractivity contribution in [2.75, 3.05) is 20.8 Å². The van der Waals surface area contributed by atoms with E-state index in [9.17, 15) is 14.4 Å². The van der Waals surface area contributed by atoms with E-state index in [0.717, 1.165) is 5.56 Å². The van der Waals surface area contributed by atoms with Gasteiger partial charge in [-0.3, -0.25) is 4.79 Å². The Balaban J connectivity index is 1.90. The molecule has 160 valence electrons. The monoisotopic (exact) mass is 414 g/mol. The molecule has 0 aromatic heterocycles. The number of ether oxygens (including phenoxy) is 3. The average molecular weight is 414 g/mol. The summed E-state index contributed by atoms with van der Waals surface area (Å²) in [5, 5.41) is 5.45. The molecule has 8 nitrogen and oxygen atoms in total. The van der Waals surface area contributed by atoms with Gasteiger partial charge in [0.05, 0.1) is 25.3 Å². The highest BCUT2D eigenvalue weighted by Crippen LogP contribution is 2.25. The predicted octanol–water partition coefficient (Wildman–Crippen LogP) is 2.95. The van der Waals surface area contributed by atoms with Gasteiger partial charge in [0.15, 0.2) is 6.61 Å². The number of carbonyl (C=O) groups excluding carboxylic acids is 3. The summed E-state index contributed by atoms with van der Waals surface area (Å²) in [6.07, 6.45) is 0. The molecule has 2 aromatic carbocycles. The van der Waals surface area contributed by atoms with Crippen molar-refractivity contribution in [2.45, 2.75) is 26.4 Å². The van der Waals surface area contributed by atoms with Crippen LogP contribution in [0, 0.1) is 0 Å². The molecule has 2 rings (SSSR count). The zero-order valence-electron chi connectivity index (χ0n) is 17.5. The van der Waals surface area contributed by atoms with Crippen LogP contribution < -0.4 is 20.1 Å². The van der Waals surface area contributed by atoms with E-state index in [0.29, 0.717) is 29.2 Å². The minimum atomic E-state index is -0.618. The number of hydrogen-bond donors (Lipinski definition) is 2. The molecule has 0 saturated carbocycles. The summed E-state index contributed by atoms with van der Waals surface area (Å²) in [5.74, 6) is -0.113. The number of methoxy groups -OCH3 is 2. The van der Waals surface area contributed by atoms with Gasteiger partial charge in [-0.2, -0.15) is 0 Å². The van der Waals surface area contributed by atoms with Crippen LogP contribution in [0.1, 0.15) is 40.1 Å². The molecular formula is C22H26N2O6. The van der Waals surface area contributed by atoms with E-state index in [2.05, 4.69) is 10.6 Å². The Morgan fingerprint density at radius 3 is 2.27 bits per heavy atom. The highest BCUT2D eigenvalue weighted by atomic mass is 16.5. The second-order valence-corrected chi connectivity index (χ2v) is 6.74. The van der Waals surface area contributed by atoms with Crippen LogP contribution in [-0.4, -0.2) is 44.7 Å². The summed E-state index contributed by atoms with van der Waals surface area (Å²) >= 11 is 0. The maximum Gasteiger partial charge on any atom is 0.338 e. The topological polar surface area (TPSA) is 103 Å². The minimum absolute atomic E-state index is 0.0442. The Morgan fingerprint density at radius 1 is 0.967 bits per heavy atom. The minimum Gasteiger partial charge on any atom is -0.497 e. The van der Waals surface area contributed by atoms with Crippen LogP contribution in [0.15, 0.2) is 42.5 Å². The number of urea groups is 1. The Labute approximate surface area is 175 Å². The van der Waals surface area contributed by atoms with Crippen molar-refractivity contribution in [2.24, 2.45) is 0 Å². The second-order valence-electron chi connectivity index (χ2n) is 6.74. The Morgan fingerprint density at radius 2 is 1.67 bits per heavy atom. The number of rotatable bonds is 9. The van der Waals surface area contributed by atoms with Crippen LogP contribution in [0.4, 0.5) is 4.79 Å². The second kappa shape index (κ2) is 10.8. The molecule has 0 radical (unpaired) electrons. The number of benzene rings is 2. The molecule has 2 aromatic rings. The van der Waals surface area contributed by atoms with Crippen molar-refractivity contribution in [3.63, 3.8) is 0 Å². The van der Waals surface area contributed by atoms with Crippen molar-refractivity contribution >= 4 is 17.8 Å². The maximum absolute atomic E-state index is 12.4. The molecule has 0 bridgehead atoms. The third kappa shape index (κ3) is 6.51. The van der Waals surface area contributed by atoms with Crippen LogP contribution in [0.25, 0.3) is 0 Å². The number of hydrogen-bond acceptors (Lipinski definition) is 6. The van der Waals surface area contributed by atoms with Crippen LogP contribution >= 0.6 is 0 Å². The lowest BCUT2D eigenvalue weighted by Gasteiger charge is -2.11. The molecule has 0 aliphatic heterocycles. The molecule has 0 atom stereocenters. The number of nitrogens with one attached hydrogen (secondary N) is 2. The largest absolute Gasteiger partial charge is 0.497 e. The summed E-state index contributed by atoms with van der Waals surface area (Å²) < 4.78 is 15.4. The molecule has 0 spiro atoms.